The third kappa shape index (κ3) is 4.91. The number of aliphatic hydroxyl groups is 1. The van der Waals surface area contributed by atoms with Crippen molar-refractivity contribution in [2.24, 2.45) is 5.41 Å². The van der Waals surface area contributed by atoms with E-state index in [4.69, 9.17) is 9.47 Å². The molecule has 9 nitrogen and oxygen atoms in total. The zero-order valence-electron chi connectivity index (χ0n) is 24.1. The zero-order chi connectivity index (χ0) is 30.8. The molecule has 2 aromatic carbocycles. The van der Waals surface area contributed by atoms with Gasteiger partial charge in [-0.15, -0.1) is 5.10 Å². The predicted octanol–water partition coefficient (Wildman–Crippen LogP) is 4.98. The largest absolute Gasteiger partial charge is 0.489 e. The molecule has 1 N–H and O–H groups in total. The van der Waals surface area contributed by atoms with Crippen LogP contribution in [0.1, 0.15) is 57.6 Å². The molecule has 1 aliphatic heterocycles. The van der Waals surface area contributed by atoms with Crippen LogP contribution in [0.15, 0.2) is 48.8 Å². The SMILES string of the molecule is CC(C)(C)OC(=O)N1CC[C@@H](Oc2ccc(C34CC(C(F)(F)C(O)(Cn5cnnn5)c5ccc(F)cc5F)(C3)C4)cc2)C1. The number of rotatable bonds is 8. The lowest BCUT2D eigenvalue weighted by atomic mass is 9.30. The topological polar surface area (TPSA) is 103 Å². The van der Waals surface area contributed by atoms with E-state index < -0.39 is 51.7 Å². The summed E-state index contributed by atoms with van der Waals surface area (Å²) in [6, 6.07) is 9.45. The monoisotopic (exact) mass is 603 g/mol. The minimum atomic E-state index is -3.79. The van der Waals surface area contributed by atoms with Gasteiger partial charge in [-0.25, -0.2) is 27.0 Å². The molecule has 1 amide bonds. The van der Waals surface area contributed by atoms with Crippen molar-refractivity contribution in [2.45, 2.75) is 81.6 Å². The molecule has 4 aliphatic rings. The lowest BCUT2D eigenvalue weighted by molar-refractivity contribution is -0.347. The molecule has 3 aliphatic carbocycles. The van der Waals surface area contributed by atoms with Gasteiger partial charge in [0.15, 0.2) is 5.60 Å². The van der Waals surface area contributed by atoms with Crippen LogP contribution >= 0.6 is 0 Å². The maximum Gasteiger partial charge on any atom is 0.410 e. The first-order valence-electron chi connectivity index (χ1n) is 14.2. The summed E-state index contributed by atoms with van der Waals surface area (Å²) in [5.74, 6) is -5.41. The molecule has 230 valence electrons. The number of alkyl halides is 2. The Hall–Kier alpha value is -3.74. The van der Waals surface area contributed by atoms with E-state index in [1.54, 1.807) is 17.0 Å². The Labute approximate surface area is 245 Å². The van der Waals surface area contributed by atoms with Gasteiger partial charge in [0.05, 0.1) is 13.1 Å². The molecule has 1 unspecified atom stereocenters. The van der Waals surface area contributed by atoms with E-state index in [2.05, 4.69) is 15.5 Å². The van der Waals surface area contributed by atoms with Crippen LogP contribution in [0.5, 0.6) is 5.75 Å². The standard InChI is InChI=1S/C30H33F4N5O4/c1-26(2,3)43-25(40)38-11-10-22(13-38)42-21-7-4-19(5-8-21)27-14-28(15-27,16-27)30(33,34)29(41,17-39-18-35-36-37-39)23-9-6-20(31)12-24(23)32/h4-9,12,18,22,41H,10-11,13-17H2,1-3H3/t22-,27?,28?,29?/m1/s1. The van der Waals surface area contributed by atoms with Crippen LogP contribution in [0.25, 0.3) is 0 Å². The molecular weight excluding hydrogens is 570 g/mol. The molecule has 13 heteroatoms. The smallest absolute Gasteiger partial charge is 0.410 e. The van der Waals surface area contributed by atoms with Crippen molar-refractivity contribution < 1.29 is 36.9 Å². The Morgan fingerprint density at radius 3 is 2.40 bits per heavy atom. The van der Waals surface area contributed by atoms with E-state index in [0.29, 0.717) is 31.3 Å². The van der Waals surface area contributed by atoms with Gasteiger partial charge in [0.2, 0.25) is 0 Å². The number of ether oxygens (including phenoxy) is 2. The second-order valence-corrected chi connectivity index (χ2v) is 13.1. The van der Waals surface area contributed by atoms with Gasteiger partial charge in [0.25, 0.3) is 5.92 Å². The molecule has 1 saturated heterocycles. The fourth-order valence-electron chi connectivity index (χ4n) is 6.93. The van der Waals surface area contributed by atoms with E-state index in [1.165, 1.54) is 0 Å². The molecule has 0 spiro atoms. The van der Waals surface area contributed by atoms with Gasteiger partial charge < -0.3 is 19.5 Å². The fraction of sp³-hybridized carbons (Fsp3) is 0.533. The molecule has 3 saturated carbocycles. The molecule has 1 aromatic heterocycles. The minimum Gasteiger partial charge on any atom is -0.489 e. The normalized spacial score (nSPS) is 26.3. The van der Waals surface area contributed by atoms with Crippen molar-refractivity contribution in [1.29, 1.82) is 0 Å². The number of hydrogen-bond acceptors (Lipinski definition) is 7. The molecule has 2 heterocycles. The Bertz CT molecular complexity index is 1490. The lowest BCUT2D eigenvalue weighted by Crippen LogP contribution is -2.76. The summed E-state index contributed by atoms with van der Waals surface area (Å²) in [5, 5.41) is 22.0. The first-order valence-corrected chi connectivity index (χ1v) is 14.2. The molecule has 43 heavy (non-hydrogen) atoms. The molecular formula is C30H33F4N5O4. The number of nitrogens with zero attached hydrogens (tertiary/aromatic N) is 5. The number of aromatic nitrogens is 4. The number of carbonyl (C=O) groups excluding carboxylic acids is 1. The van der Waals surface area contributed by atoms with Gasteiger partial charge in [-0.3, -0.25) is 0 Å². The van der Waals surface area contributed by atoms with Crippen LogP contribution < -0.4 is 4.74 Å². The fourth-order valence-corrected chi connectivity index (χ4v) is 6.93. The number of amides is 1. The number of carbonyl (C=O) groups is 1. The maximum atomic E-state index is 16.4. The van der Waals surface area contributed by atoms with Crippen LogP contribution in [0.3, 0.4) is 0 Å². The van der Waals surface area contributed by atoms with E-state index in [0.717, 1.165) is 28.7 Å². The van der Waals surface area contributed by atoms with Crippen molar-refractivity contribution in [3.8, 4) is 5.75 Å². The van der Waals surface area contributed by atoms with Crippen molar-refractivity contribution in [1.82, 2.24) is 25.1 Å². The van der Waals surface area contributed by atoms with Gasteiger partial charge >= 0.3 is 6.09 Å². The maximum absolute atomic E-state index is 16.4. The highest BCUT2D eigenvalue weighted by Crippen LogP contribution is 2.80. The van der Waals surface area contributed by atoms with Gasteiger partial charge in [-0.05, 0) is 85.7 Å². The lowest BCUT2D eigenvalue weighted by Gasteiger charge is -2.74. The molecule has 7 rings (SSSR count). The third-order valence-corrected chi connectivity index (χ3v) is 8.94. The van der Waals surface area contributed by atoms with Crippen LogP contribution in [0.2, 0.25) is 0 Å². The predicted molar refractivity (Wildman–Crippen MR) is 144 cm³/mol. The summed E-state index contributed by atoms with van der Waals surface area (Å²) < 4.78 is 73.7. The van der Waals surface area contributed by atoms with Crippen LogP contribution in [-0.4, -0.2) is 67.0 Å². The number of likely N-dealkylation sites (tertiary alicyclic amines) is 1. The summed E-state index contributed by atoms with van der Waals surface area (Å²) >= 11 is 0. The Balaban J connectivity index is 1.14. The summed E-state index contributed by atoms with van der Waals surface area (Å²) in [6.45, 7) is 5.55. The second-order valence-electron chi connectivity index (χ2n) is 13.1. The van der Waals surface area contributed by atoms with E-state index >= 15 is 8.78 Å². The van der Waals surface area contributed by atoms with Gasteiger partial charge in [-0.2, -0.15) is 0 Å². The van der Waals surface area contributed by atoms with Crippen molar-refractivity contribution in [3.63, 3.8) is 0 Å². The van der Waals surface area contributed by atoms with Crippen LogP contribution in [-0.2, 0) is 22.3 Å². The third-order valence-electron chi connectivity index (χ3n) is 8.94. The van der Waals surface area contributed by atoms with Gasteiger partial charge in [0, 0.05) is 30.0 Å². The Morgan fingerprint density at radius 1 is 1.09 bits per heavy atom. The number of hydrogen-bond donors (Lipinski definition) is 1. The summed E-state index contributed by atoms with van der Waals surface area (Å²) in [6.07, 6.45) is 1.39. The average molecular weight is 604 g/mol. The van der Waals surface area contributed by atoms with E-state index in [-0.39, 0.29) is 31.5 Å². The van der Waals surface area contributed by atoms with Crippen molar-refractivity contribution in [3.05, 3.63) is 71.6 Å². The number of benzene rings is 2. The van der Waals surface area contributed by atoms with E-state index in [9.17, 15) is 18.7 Å². The summed E-state index contributed by atoms with van der Waals surface area (Å²) in [4.78, 5) is 14.0. The first-order chi connectivity index (χ1) is 20.2. The zero-order valence-corrected chi connectivity index (χ0v) is 24.1. The quantitative estimate of drug-likeness (QED) is 0.362. The highest BCUT2D eigenvalue weighted by atomic mass is 19.3. The van der Waals surface area contributed by atoms with Gasteiger partial charge in [-0.1, -0.05) is 12.1 Å². The van der Waals surface area contributed by atoms with Crippen LogP contribution in [0, 0.1) is 17.0 Å². The molecule has 4 fully saturated rings. The molecule has 2 atom stereocenters. The summed E-state index contributed by atoms with van der Waals surface area (Å²) in [7, 11) is 0. The number of halogens is 4. The highest BCUT2D eigenvalue weighted by Gasteiger charge is 2.82. The number of tetrazole rings is 1. The highest BCUT2D eigenvalue weighted by molar-refractivity contribution is 5.68. The minimum absolute atomic E-state index is 0.0847. The van der Waals surface area contributed by atoms with Crippen molar-refractivity contribution >= 4 is 6.09 Å². The van der Waals surface area contributed by atoms with Crippen molar-refractivity contribution in [2.75, 3.05) is 13.1 Å². The molecule has 2 bridgehead atoms. The first kappa shape index (κ1) is 29.3. The van der Waals surface area contributed by atoms with Crippen LogP contribution in [0.4, 0.5) is 22.4 Å². The van der Waals surface area contributed by atoms with E-state index in [1.807, 2.05) is 32.9 Å². The van der Waals surface area contributed by atoms with Gasteiger partial charge in [0.1, 0.15) is 35.4 Å². The molecule has 0 radical (unpaired) electrons. The summed E-state index contributed by atoms with van der Waals surface area (Å²) in [5.41, 5.74) is -5.54. The Kier molecular flexibility index (Phi) is 6.75. The molecule has 3 aromatic rings. The Morgan fingerprint density at radius 2 is 1.79 bits per heavy atom. The second kappa shape index (κ2) is 9.90. The average Bonchev–Trinajstić information content (AvgIpc) is 3.54.